The Balaban J connectivity index is 2.29. The molecule has 138 valence electrons. The predicted octanol–water partition coefficient (Wildman–Crippen LogP) is 4.26. The molecule has 0 aliphatic heterocycles. The van der Waals surface area contributed by atoms with E-state index in [2.05, 4.69) is 0 Å². The summed E-state index contributed by atoms with van der Waals surface area (Å²) in [7, 11) is 5.72. The molecule has 0 saturated heterocycles. The van der Waals surface area contributed by atoms with Gasteiger partial charge in [0.2, 0.25) is 0 Å². The predicted molar refractivity (Wildman–Crippen MR) is 117 cm³/mol. The van der Waals surface area contributed by atoms with Gasteiger partial charge in [-0.15, -0.1) is 0 Å². The van der Waals surface area contributed by atoms with Crippen LogP contribution in [0.25, 0.3) is 17.0 Å². The van der Waals surface area contributed by atoms with E-state index in [9.17, 15) is 4.79 Å². The van der Waals surface area contributed by atoms with E-state index >= 15 is 0 Å². The lowest BCUT2D eigenvalue weighted by Gasteiger charge is -2.20. The van der Waals surface area contributed by atoms with Crippen LogP contribution < -0.4 is 4.90 Å². The molecule has 0 spiro atoms. The molecular weight excluding hydrogens is 388 g/mol. The summed E-state index contributed by atoms with van der Waals surface area (Å²) in [5, 5.41) is 9.83. The lowest BCUT2D eigenvalue weighted by Crippen LogP contribution is -2.28. The van der Waals surface area contributed by atoms with Gasteiger partial charge in [-0.3, -0.25) is 4.79 Å². The summed E-state index contributed by atoms with van der Waals surface area (Å²) in [4.78, 5) is 15.8. The largest absolute Gasteiger partial charge is 0.481 e. The average molecular weight is 409 g/mol. The molecule has 0 saturated carbocycles. The lowest BCUT2D eigenvalue weighted by molar-refractivity contribution is -0.137. The van der Waals surface area contributed by atoms with Crippen LogP contribution in [0.15, 0.2) is 33.6 Å². The molecule has 0 amide bonds. The molecule has 0 atom stereocenters. The van der Waals surface area contributed by atoms with Gasteiger partial charge in [0.1, 0.15) is 16.3 Å². The van der Waals surface area contributed by atoms with Crippen molar-refractivity contribution in [2.24, 2.45) is 0 Å². The molecule has 5 nitrogen and oxygen atoms in total. The first kappa shape index (κ1) is 20.4. The Kier molecular flexibility index (Phi) is 7.19. The summed E-state index contributed by atoms with van der Waals surface area (Å²) in [6.07, 6.45) is 1.85. The molecule has 0 bridgehead atoms. The maximum absolute atomic E-state index is 10.8. The number of rotatable bonds is 8. The Morgan fingerprint density at radius 1 is 1.31 bits per heavy atom. The standard InChI is InChI=1S/C18H20N2O3S3/c1-19(2)13-5-4-12-8-14(23-15(12)9-13)10-16(26-11-24)18(25)20(3)7-6-17(21)22/h4-5,8-11H,6-7H2,1-3H3,(H,21,22)/b16-10-. The molecule has 8 heteroatoms. The first-order valence-electron chi connectivity index (χ1n) is 7.82. The zero-order valence-corrected chi connectivity index (χ0v) is 17.2. The highest BCUT2D eigenvalue weighted by molar-refractivity contribution is 8.24. The van der Waals surface area contributed by atoms with Crippen molar-refractivity contribution in [2.75, 3.05) is 32.6 Å². The molecular formula is C18H20N2O3S3. The van der Waals surface area contributed by atoms with Gasteiger partial charge < -0.3 is 19.3 Å². The van der Waals surface area contributed by atoms with Crippen molar-refractivity contribution >= 4 is 74.6 Å². The Hall–Kier alpha value is -1.90. The van der Waals surface area contributed by atoms with Crippen LogP contribution in [0.1, 0.15) is 12.2 Å². The fourth-order valence-electron chi connectivity index (χ4n) is 2.27. The number of hydrogen-bond donors (Lipinski definition) is 1. The van der Waals surface area contributed by atoms with E-state index in [-0.39, 0.29) is 6.42 Å². The highest BCUT2D eigenvalue weighted by atomic mass is 32.2. The highest BCUT2D eigenvalue weighted by Gasteiger charge is 2.13. The number of furan rings is 1. The summed E-state index contributed by atoms with van der Waals surface area (Å²) < 4.78 is 7.45. The van der Waals surface area contributed by atoms with Crippen LogP contribution in [-0.2, 0) is 4.79 Å². The average Bonchev–Trinajstić information content (AvgIpc) is 2.99. The molecule has 0 unspecified atom stereocenters. The summed E-state index contributed by atoms with van der Waals surface area (Å²) in [6.45, 7) is 0.329. The molecule has 0 radical (unpaired) electrons. The van der Waals surface area contributed by atoms with E-state index in [1.807, 2.05) is 49.3 Å². The Labute approximate surface area is 167 Å². The number of carbonyl (C=O) groups is 1. The molecule has 0 aliphatic rings. The van der Waals surface area contributed by atoms with Gasteiger partial charge in [0.25, 0.3) is 0 Å². The van der Waals surface area contributed by atoms with Gasteiger partial charge in [0.05, 0.1) is 11.3 Å². The van der Waals surface area contributed by atoms with Crippen molar-refractivity contribution in [3.63, 3.8) is 0 Å². The van der Waals surface area contributed by atoms with Crippen molar-refractivity contribution in [2.45, 2.75) is 6.42 Å². The SMILES string of the molecule is CN(CCC(=O)O)C(=S)/C(=C/c1cc2ccc(N(C)C)cc2o1)SC=S. The van der Waals surface area contributed by atoms with Crippen LogP contribution in [-0.4, -0.2) is 53.4 Å². The molecule has 2 aromatic rings. The fourth-order valence-corrected chi connectivity index (χ4v) is 3.42. The van der Waals surface area contributed by atoms with E-state index in [0.29, 0.717) is 17.3 Å². The maximum Gasteiger partial charge on any atom is 0.305 e. The van der Waals surface area contributed by atoms with E-state index in [1.165, 1.54) is 16.5 Å². The van der Waals surface area contributed by atoms with E-state index in [4.69, 9.17) is 34.0 Å². The Morgan fingerprint density at radius 3 is 2.65 bits per heavy atom. The third-order valence-electron chi connectivity index (χ3n) is 3.71. The maximum atomic E-state index is 10.8. The zero-order valence-electron chi connectivity index (χ0n) is 14.8. The van der Waals surface area contributed by atoms with E-state index in [0.717, 1.165) is 21.6 Å². The molecule has 1 aromatic carbocycles. The van der Waals surface area contributed by atoms with Crippen LogP contribution in [0, 0.1) is 0 Å². The minimum Gasteiger partial charge on any atom is -0.481 e. The van der Waals surface area contributed by atoms with Crippen molar-refractivity contribution in [3.8, 4) is 0 Å². The smallest absolute Gasteiger partial charge is 0.305 e. The Morgan fingerprint density at radius 2 is 2.04 bits per heavy atom. The number of hydrogen-bond acceptors (Lipinski definition) is 6. The third-order valence-corrected chi connectivity index (χ3v) is 5.32. The van der Waals surface area contributed by atoms with Crippen LogP contribution in [0.3, 0.4) is 0 Å². The van der Waals surface area contributed by atoms with Gasteiger partial charge in [-0.25, -0.2) is 0 Å². The monoisotopic (exact) mass is 408 g/mol. The second kappa shape index (κ2) is 9.16. The minimum atomic E-state index is -0.860. The quantitative estimate of drug-likeness (QED) is 0.513. The molecule has 2 rings (SSSR count). The van der Waals surface area contributed by atoms with Gasteiger partial charge in [-0.1, -0.05) is 36.2 Å². The summed E-state index contributed by atoms with van der Waals surface area (Å²) >= 11 is 11.7. The number of benzene rings is 1. The first-order valence-corrected chi connectivity index (χ1v) is 9.58. The number of anilines is 1. The van der Waals surface area contributed by atoms with Crippen LogP contribution in [0.5, 0.6) is 0 Å². The van der Waals surface area contributed by atoms with Crippen molar-refractivity contribution in [3.05, 3.63) is 34.9 Å². The van der Waals surface area contributed by atoms with Gasteiger partial charge in [0.15, 0.2) is 0 Å². The zero-order chi connectivity index (χ0) is 19.3. The topological polar surface area (TPSA) is 56.9 Å². The molecule has 26 heavy (non-hydrogen) atoms. The van der Waals surface area contributed by atoms with Crippen LogP contribution in [0.4, 0.5) is 5.69 Å². The molecule has 0 aliphatic carbocycles. The Bertz CT molecular complexity index is 858. The molecule has 1 aromatic heterocycles. The van der Waals surface area contributed by atoms with Gasteiger partial charge in [-0.2, -0.15) is 0 Å². The number of thiocarbonyl (C=S) groups is 2. The lowest BCUT2D eigenvalue weighted by atomic mass is 10.2. The number of fused-ring (bicyclic) bond motifs is 1. The fraction of sp³-hybridized carbons (Fsp3) is 0.278. The number of aliphatic carboxylic acids is 1. The van der Waals surface area contributed by atoms with Crippen molar-refractivity contribution in [1.82, 2.24) is 4.90 Å². The number of carboxylic acid groups (broad SMARTS) is 1. The van der Waals surface area contributed by atoms with Gasteiger partial charge in [-0.05, 0) is 24.3 Å². The highest BCUT2D eigenvalue weighted by Crippen LogP contribution is 2.28. The van der Waals surface area contributed by atoms with Crippen LogP contribution in [0.2, 0.25) is 0 Å². The van der Waals surface area contributed by atoms with Crippen molar-refractivity contribution in [1.29, 1.82) is 0 Å². The number of thioether (sulfide) groups is 1. The number of carboxylic acids is 1. The van der Waals surface area contributed by atoms with Gasteiger partial charge >= 0.3 is 5.97 Å². The van der Waals surface area contributed by atoms with E-state index < -0.39 is 5.97 Å². The first-order chi connectivity index (χ1) is 12.3. The van der Waals surface area contributed by atoms with Gasteiger partial charge in [0, 0.05) is 49.5 Å². The number of nitrogens with zero attached hydrogens (tertiary/aromatic N) is 2. The van der Waals surface area contributed by atoms with Crippen molar-refractivity contribution < 1.29 is 14.3 Å². The second-order valence-corrected chi connectivity index (χ2v) is 7.69. The summed E-state index contributed by atoms with van der Waals surface area (Å²) in [6, 6.07) is 7.96. The normalized spacial score (nSPS) is 11.4. The molecule has 1 N–H and O–H groups in total. The molecule has 1 heterocycles. The summed E-state index contributed by atoms with van der Waals surface area (Å²) in [5.74, 6) is -0.189. The molecule has 0 fully saturated rings. The third kappa shape index (κ3) is 5.30. The summed E-state index contributed by atoms with van der Waals surface area (Å²) in [5.41, 5.74) is 1.85. The minimum absolute atomic E-state index is 0.0180. The van der Waals surface area contributed by atoms with E-state index in [1.54, 1.807) is 11.9 Å². The van der Waals surface area contributed by atoms with Crippen LogP contribution >= 0.6 is 36.2 Å². The number of likely N-dealkylation sites (N-methyl/N-ethyl adjacent to an activating group) is 1. The second-order valence-electron chi connectivity index (χ2n) is 5.86.